The number of thiophene rings is 1. The maximum atomic E-state index is 13.3. The van der Waals surface area contributed by atoms with Crippen molar-refractivity contribution in [3.63, 3.8) is 0 Å². The minimum Gasteiger partial charge on any atom is -0.354 e. The van der Waals surface area contributed by atoms with E-state index in [1.165, 1.54) is 15.6 Å². The van der Waals surface area contributed by atoms with Crippen LogP contribution < -0.4 is 10.0 Å². The molecule has 0 saturated carbocycles. The van der Waals surface area contributed by atoms with E-state index in [1.807, 2.05) is 30.3 Å². The number of aryl methyl sites for hydroxylation is 1. The van der Waals surface area contributed by atoms with Gasteiger partial charge in [-0.1, -0.05) is 18.2 Å². The standard InChI is InChI=1S/C28H27N5OS2/c1-18-17-35-26-8-7-19(13-22(18)26)23-14-21(15-25-28(23)30-11-10-29-25)31-24-5-3-4-6-27(24)36(34)32-20-9-12-33(2)16-20/h3-8,10-11,13-15,17,20,31-32H,9,12,16H2,1-2H3. The zero-order chi connectivity index (χ0) is 24.6. The first kappa shape index (κ1) is 23.2. The van der Waals surface area contributed by atoms with Crippen LogP contribution in [-0.4, -0.2) is 45.3 Å². The Bertz CT molecular complexity index is 1600. The van der Waals surface area contributed by atoms with E-state index < -0.39 is 11.0 Å². The van der Waals surface area contributed by atoms with E-state index >= 15 is 0 Å². The molecule has 3 aromatic carbocycles. The van der Waals surface area contributed by atoms with Gasteiger partial charge in [0.1, 0.15) is 11.0 Å². The van der Waals surface area contributed by atoms with E-state index in [2.05, 4.69) is 68.5 Å². The van der Waals surface area contributed by atoms with Gasteiger partial charge >= 0.3 is 0 Å². The van der Waals surface area contributed by atoms with Crippen LogP contribution in [0.25, 0.3) is 32.2 Å². The molecule has 2 unspecified atom stereocenters. The zero-order valence-electron chi connectivity index (χ0n) is 20.2. The fourth-order valence-corrected chi connectivity index (χ4v) is 6.89. The number of hydrogen-bond acceptors (Lipinski definition) is 6. The number of likely N-dealkylation sites (tertiary alicyclic amines) is 1. The summed E-state index contributed by atoms with van der Waals surface area (Å²) < 4.78 is 17.9. The number of likely N-dealkylation sites (N-methyl/N-ethyl adjacent to an activating group) is 1. The van der Waals surface area contributed by atoms with Gasteiger partial charge in [-0.3, -0.25) is 9.97 Å². The second-order valence-electron chi connectivity index (χ2n) is 9.33. The second-order valence-corrected chi connectivity index (χ2v) is 11.5. The number of rotatable bonds is 6. The van der Waals surface area contributed by atoms with E-state index in [4.69, 9.17) is 0 Å². The largest absolute Gasteiger partial charge is 0.354 e. The molecule has 0 bridgehead atoms. The van der Waals surface area contributed by atoms with Crippen molar-refractivity contribution < 1.29 is 4.21 Å². The maximum Gasteiger partial charge on any atom is 0.127 e. The molecule has 5 aromatic rings. The van der Waals surface area contributed by atoms with E-state index in [1.54, 1.807) is 23.7 Å². The molecule has 6 nitrogen and oxygen atoms in total. The molecule has 1 saturated heterocycles. The summed E-state index contributed by atoms with van der Waals surface area (Å²) in [6.45, 7) is 4.07. The van der Waals surface area contributed by atoms with Crippen LogP contribution in [-0.2, 0) is 11.0 Å². The Hall–Kier alpha value is -3.17. The van der Waals surface area contributed by atoms with Gasteiger partial charge in [0.15, 0.2) is 0 Å². The lowest BCUT2D eigenvalue weighted by Gasteiger charge is -2.16. The third-order valence-corrected chi connectivity index (χ3v) is 9.07. The van der Waals surface area contributed by atoms with Crippen molar-refractivity contribution in [3.8, 4) is 11.1 Å². The van der Waals surface area contributed by atoms with Crippen LogP contribution in [0.15, 0.2) is 77.3 Å². The molecule has 3 heterocycles. The van der Waals surface area contributed by atoms with Crippen molar-refractivity contribution in [1.82, 2.24) is 19.6 Å². The molecular weight excluding hydrogens is 486 g/mol. The van der Waals surface area contributed by atoms with Crippen LogP contribution in [0.2, 0.25) is 0 Å². The minimum absolute atomic E-state index is 0.224. The monoisotopic (exact) mass is 513 g/mol. The number of fused-ring (bicyclic) bond motifs is 2. The predicted octanol–water partition coefficient (Wildman–Crippen LogP) is 5.88. The average Bonchev–Trinajstić information content (AvgIpc) is 3.48. The molecule has 0 radical (unpaired) electrons. The highest BCUT2D eigenvalue weighted by Crippen LogP contribution is 2.35. The Balaban J connectivity index is 1.38. The topological polar surface area (TPSA) is 70.2 Å². The van der Waals surface area contributed by atoms with Gasteiger partial charge in [0.05, 0.1) is 21.6 Å². The number of nitrogens with zero attached hydrogens (tertiary/aromatic N) is 3. The van der Waals surface area contributed by atoms with E-state index in [0.29, 0.717) is 0 Å². The summed E-state index contributed by atoms with van der Waals surface area (Å²) in [6.07, 6.45) is 4.45. The lowest BCUT2D eigenvalue weighted by Crippen LogP contribution is -2.33. The van der Waals surface area contributed by atoms with E-state index in [0.717, 1.165) is 57.9 Å². The molecule has 1 aliphatic heterocycles. The number of para-hydroxylation sites is 1. The average molecular weight is 514 g/mol. The number of aromatic nitrogens is 2. The fraction of sp³-hybridized carbons (Fsp3) is 0.214. The summed E-state index contributed by atoms with van der Waals surface area (Å²) in [5.74, 6) is 0. The summed E-state index contributed by atoms with van der Waals surface area (Å²) in [5, 5.41) is 6.98. The Morgan fingerprint density at radius 3 is 2.81 bits per heavy atom. The molecule has 0 amide bonds. The highest BCUT2D eigenvalue weighted by molar-refractivity contribution is 7.83. The van der Waals surface area contributed by atoms with Crippen molar-refractivity contribution in [2.24, 2.45) is 0 Å². The molecule has 2 aromatic heterocycles. The summed E-state index contributed by atoms with van der Waals surface area (Å²) in [7, 11) is 0.773. The van der Waals surface area contributed by atoms with Gasteiger partial charge < -0.3 is 10.2 Å². The van der Waals surface area contributed by atoms with Gasteiger partial charge in [0.2, 0.25) is 0 Å². The number of benzene rings is 3. The first-order valence-electron chi connectivity index (χ1n) is 12.0. The van der Waals surface area contributed by atoms with Crippen molar-refractivity contribution >= 4 is 54.8 Å². The predicted molar refractivity (Wildman–Crippen MR) is 150 cm³/mol. The van der Waals surface area contributed by atoms with Gasteiger partial charge in [-0.15, -0.1) is 11.3 Å². The van der Waals surface area contributed by atoms with Gasteiger partial charge in [0, 0.05) is 40.9 Å². The van der Waals surface area contributed by atoms with Gasteiger partial charge in [-0.2, -0.15) is 0 Å². The highest BCUT2D eigenvalue weighted by Gasteiger charge is 2.22. The van der Waals surface area contributed by atoms with Crippen LogP contribution in [0.3, 0.4) is 0 Å². The first-order valence-corrected chi connectivity index (χ1v) is 14.0. The Labute approximate surface area is 217 Å². The quantitative estimate of drug-likeness (QED) is 0.297. The van der Waals surface area contributed by atoms with Crippen LogP contribution in [0.1, 0.15) is 12.0 Å². The van der Waals surface area contributed by atoms with Crippen molar-refractivity contribution in [3.05, 3.63) is 77.9 Å². The highest BCUT2D eigenvalue weighted by atomic mass is 32.2. The molecule has 0 spiro atoms. The zero-order valence-corrected chi connectivity index (χ0v) is 21.8. The summed E-state index contributed by atoms with van der Waals surface area (Å²) >= 11 is 1.76. The lowest BCUT2D eigenvalue weighted by molar-refractivity contribution is 0.408. The summed E-state index contributed by atoms with van der Waals surface area (Å²) in [5.41, 5.74) is 6.75. The molecule has 36 heavy (non-hydrogen) atoms. The van der Waals surface area contributed by atoms with Gasteiger partial charge in [-0.05, 0) is 85.2 Å². The van der Waals surface area contributed by atoms with E-state index in [-0.39, 0.29) is 6.04 Å². The lowest BCUT2D eigenvalue weighted by atomic mass is 10.0. The molecule has 0 aliphatic carbocycles. The summed E-state index contributed by atoms with van der Waals surface area (Å²) in [4.78, 5) is 12.2. The normalized spacial score (nSPS) is 17.1. The third-order valence-electron chi connectivity index (χ3n) is 6.68. The molecule has 1 aliphatic rings. The molecule has 182 valence electrons. The molecule has 8 heteroatoms. The Morgan fingerprint density at radius 1 is 1.08 bits per heavy atom. The van der Waals surface area contributed by atoms with Crippen LogP contribution in [0.5, 0.6) is 0 Å². The van der Waals surface area contributed by atoms with Crippen molar-refractivity contribution in [1.29, 1.82) is 0 Å². The Morgan fingerprint density at radius 2 is 1.94 bits per heavy atom. The SMILES string of the molecule is Cc1csc2ccc(-c3cc(Nc4ccccc4S(=O)NC4CCN(C)C4)cc4nccnc34)cc12. The van der Waals surface area contributed by atoms with E-state index in [9.17, 15) is 4.21 Å². The van der Waals surface area contributed by atoms with Gasteiger partial charge in [-0.25, -0.2) is 8.93 Å². The van der Waals surface area contributed by atoms with Crippen LogP contribution >= 0.6 is 11.3 Å². The number of anilines is 2. The first-order chi connectivity index (χ1) is 17.5. The van der Waals surface area contributed by atoms with Crippen LogP contribution in [0.4, 0.5) is 11.4 Å². The molecule has 1 fully saturated rings. The molecule has 2 atom stereocenters. The molecular formula is C28H27N5OS2. The minimum atomic E-state index is -1.32. The Kier molecular flexibility index (Phi) is 6.27. The van der Waals surface area contributed by atoms with Crippen molar-refractivity contribution in [2.45, 2.75) is 24.3 Å². The fourth-order valence-electron chi connectivity index (χ4n) is 4.82. The summed E-state index contributed by atoms with van der Waals surface area (Å²) in [6, 6.07) is 18.7. The smallest absolute Gasteiger partial charge is 0.127 e. The molecule has 2 N–H and O–H groups in total. The van der Waals surface area contributed by atoms with Gasteiger partial charge in [0.25, 0.3) is 0 Å². The maximum absolute atomic E-state index is 13.3. The third kappa shape index (κ3) is 4.53. The second kappa shape index (κ2) is 9.71. The number of nitrogens with one attached hydrogen (secondary N) is 2. The van der Waals surface area contributed by atoms with Crippen LogP contribution in [0, 0.1) is 6.92 Å². The number of hydrogen-bond donors (Lipinski definition) is 2. The molecule has 6 rings (SSSR count). The van der Waals surface area contributed by atoms with Crippen molar-refractivity contribution in [2.75, 3.05) is 25.5 Å².